The first-order valence-electron chi connectivity index (χ1n) is 5.75. The van der Waals surface area contributed by atoms with Crippen molar-refractivity contribution in [3.63, 3.8) is 0 Å². The molecule has 0 aliphatic heterocycles. The van der Waals surface area contributed by atoms with Crippen LogP contribution in [0.4, 0.5) is 5.69 Å². The van der Waals surface area contributed by atoms with Gasteiger partial charge in [-0.15, -0.1) is 0 Å². The molecule has 0 aliphatic rings. The number of rotatable bonds is 3. The van der Waals surface area contributed by atoms with Gasteiger partial charge in [-0.25, -0.2) is 0 Å². The maximum atomic E-state index is 4.48. The number of aryl methyl sites for hydroxylation is 2. The van der Waals surface area contributed by atoms with Gasteiger partial charge in [0, 0.05) is 24.5 Å². The number of nitrogens with zero attached hydrogens (tertiary/aromatic N) is 2. The van der Waals surface area contributed by atoms with Crippen molar-refractivity contribution >= 4 is 11.9 Å². The van der Waals surface area contributed by atoms with Gasteiger partial charge in [-0.3, -0.25) is 9.98 Å². The Bertz CT molecular complexity index is 516. The van der Waals surface area contributed by atoms with E-state index in [1.165, 1.54) is 11.1 Å². The fourth-order valence-corrected chi connectivity index (χ4v) is 1.71. The minimum atomic E-state index is 0.772. The van der Waals surface area contributed by atoms with E-state index in [1.54, 1.807) is 6.20 Å². The Hall–Kier alpha value is -1.96. The average Bonchev–Trinajstić information content (AvgIpc) is 2.33. The molecule has 0 unspecified atom stereocenters. The highest BCUT2D eigenvalue weighted by Crippen LogP contribution is 2.18. The van der Waals surface area contributed by atoms with Crippen molar-refractivity contribution in [3.8, 4) is 0 Å². The zero-order valence-electron chi connectivity index (χ0n) is 10.2. The fourth-order valence-electron chi connectivity index (χ4n) is 1.71. The monoisotopic (exact) mass is 224 g/mol. The molecule has 0 N–H and O–H groups in total. The quantitative estimate of drug-likeness (QED) is 0.731. The van der Waals surface area contributed by atoms with Crippen LogP contribution in [0.25, 0.3) is 0 Å². The summed E-state index contributed by atoms with van der Waals surface area (Å²) in [5.41, 5.74) is 4.56. The predicted molar refractivity (Wildman–Crippen MR) is 72.0 cm³/mol. The zero-order chi connectivity index (χ0) is 12.1. The van der Waals surface area contributed by atoms with Crippen molar-refractivity contribution in [3.05, 3.63) is 59.4 Å². The Morgan fingerprint density at radius 3 is 2.76 bits per heavy atom. The van der Waals surface area contributed by atoms with Crippen LogP contribution in [0.1, 0.15) is 16.8 Å². The Morgan fingerprint density at radius 1 is 1.18 bits per heavy atom. The summed E-state index contributed by atoms with van der Waals surface area (Å²) in [6.45, 7) is 4.18. The molecule has 1 aromatic carbocycles. The van der Waals surface area contributed by atoms with Gasteiger partial charge in [0.2, 0.25) is 0 Å². The molecule has 0 radical (unpaired) electrons. The standard InChI is InChI=1S/C15H16N2/c1-12-6-7-15(13(2)11-12)17-10-8-14-5-3-4-9-16-14/h3-7,9-11H,8H2,1-2H3. The van der Waals surface area contributed by atoms with E-state index in [2.05, 4.69) is 42.0 Å². The summed E-state index contributed by atoms with van der Waals surface area (Å²) in [6.07, 6.45) is 4.49. The third-order valence-corrected chi connectivity index (χ3v) is 2.61. The molecule has 0 aliphatic carbocycles. The maximum Gasteiger partial charge on any atom is 0.0655 e. The molecular weight excluding hydrogens is 208 g/mol. The summed E-state index contributed by atoms with van der Waals surface area (Å²) >= 11 is 0. The highest BCUT2D eigenvalue weighted by atomic mass is 14.7. The molecule has 1 heterocycles. The summed E-state index contributed by atoms with van der Waals surface area (Å²) < 4.78 is 0. The van der Waals surface area contributed by atoms with Crippen LogP contribution < -0.4 is 0 Å². The van der Waals surface area contributed by atoms with Crippen LogP contribution in [0.5, 0.6) is 0 Å². The summed E-state index contributed by atoms with van der Waals surface area (Å²) in [5, 5.41) is 0. The van der Waals surface area contributed by atoms with Gasteiger partial charge in [0.05, 0.1) is 5.69 Å². The number of aromatic nitrogens is 1. The number of benzene rings is 1. The van der Waals surface area contributed by atoms with Crippen molar-refractivity contribution in [1.82, 2.24) is 4.98 Å². The molecule has 2 nitrogen and oxygen atoms in total. The van der Waals surface area contributed by atoms with E-state index >= 15 is 0 Å². The lowest BCUT2D eigenvalue weighted by molar-refractivity contribution is 1.15. The SMILES string of the molecule is Cc1ccc(N=CCc2ccccn2)c(C)c1. The molecule has 17 heavy (non-hydrogen) atoms. The van der Waals surface area contributed by atoms with Crippen LogP contribution in [0.2, 0.25) is 0 Å². The molecular formula is C15H16N2. The summed E-state index contributed by atoms with van der Waals surface area (Å²) in [4.78, 5) is 8.73. The topological polar surface area (TPSA) is 25.2 Å². The first-order valence-corrected chi connectivity index (χ1v) is 5.75. The second kappa shape index (κ2) is 5.39. The Balaban J connectivity index is 2.06. The summed E-state index contributed by atoms with van der Waals surface area (Å²) in [6, 6.07) is 12.2. The molecule has 2 aromatic rings. The first kappa shape index (κ1) is 11.5. The van der Waals surface area contributed by atoms with Gasteiger partial charge < -0.3 is 0 Å². The van der Waals surface area contributed by atoms with Crippen molar-refractivity contribution in [2.75, 3.05) is 0 Å². The van der Waals surface area contributed by atoms with Gasteiger partial charge >= 0.3 is 0 Å². The highest BCUT2D eigenvalue weighted by molar-refractivity contribution is 5.66. The van der Waals surface area contributed by atoms with Gasteiger partial charge in [-0.2, -0.15) is 0 Å². The zero-order valence-corrected chi connectivity index (χ0v) is 10.2. The van der Waals surface area contributed by atoms with Gasteiger partial charge in [-0.05, 0) is 37.6 Å². The molecule has 0 atom stereocenters. The van der Waals surface area contributed by atoms with Gasteiger partial charge in [0.15, 0.2) is 0 Å². The van der Waals surface area contributed by atoms with E-state index in [0.29, 0.717) is 0 Å². The minimum absolute atomic E-state index is 0.772. The lowest BCUT2D eigenvalue weighted by Gasteiger charge is -2.00. The molecule has 2 rings (SSSR count). The summed E-state index contributed by atoms with van der Waals surface area (Å²) in [5.74, 6) is 0. The first-order chi connectivity index (χ1) is 8.25. The van der Waals surface area contributed by atoms with Gasteiger partial charge in [0.1, 0.15) is 0 Å². The van der Waals surface area contributed by atoms with E-state index in [0.717, 1.165) is 17.8 Å². The van der Waals surface area contributed by atoms with Crippen molar-refractivity contribution < 1.29 is 0 Å². The molecule has 0 fully saturated rings. The molecule has 0 spiro atoms. The molecule has 86 valence electrons. The molecule has 0 saturated carbocycles. The van der Waals surface area contributed by atoms with E-state index in [-0.39, 0.29) is 0 Å². The minimum Gasteiger partial charge on any atom is -0.261 e. The van der Waals surface area contributed by atoms with E-state index in [4.69, 9.17) is 0 Å². The largest absolute Gasteiger partial charge is 0.261 e. The predicted octanol–water partition coefficient (Wildman–Crippen LogP) is 3.64. The molecule has 0 saturated heterocycles. The summed E-state index contributed by atoms with van der Waals surface area (Å²) in [7, 11) is 0. The smallest absolute Gasteiger partial charge is 0.0655 e. The van der Waals surface area contributed by atoms with Crippen molar-refractivity contribution in [2.24, 2.45) is 4.99 Å². The normalized spacial score (nSPS) is 10.9. The van der Waals surface area contributed by atoms with Crippen LogP contribution in [-0.4, -0.2) is 11.2 Å². The molecule has 0 amide bonds. The fraction of sp³-hybridized carbons (Fsp3) is 0.200. The number of pyridine rings is 1. The maximum absolute atomic E-state index is 4.48. The van der Waals surface area contributed by atoms with Crippen LogP contribution in [0.3, 0.4) is 0 Å². The highest BCUT2D eigenvalue weighted by Gasteiger charge is 1.95. The lowest BCUT2D eigenvalue weighted by atomic mass is 10.1. The van der Waals surface area contributed by atoms with E-state index in [9.17, 15) is 0 Å². The Morgan fingerprint density at radius 2 is 2.06 bits per heavy atom. The Labute approximate surface area is 102 Å². The Kier molecular flexibility index (Phi) is 3.66. The number of hydrogen-bond donors (Lipinski definition) is 0. The van der Waals surface area contributed by atoms with Crippen LogP contribution in [0, 0.1) is 13.8 Å². The third kappa shape index (κ3) is 3.25. The second-order valence-corrected chi connectivity index (χ2v) is 4.13. The van der Waals surface area contributed by atoms with Crippen LogP contribution >= 0.6 is 0 Å². The van der Waals surface area contributed by atoms with Gasteiger partial charge in [0.25, 0.3) is 0 Å². The number of hydrogen-bond acceptors (Lipinski definition) is 2. The van der Waals surface area contributed by atoms with Gasteiger partial charge in [-0.1, -0.05) is 23.8 Å². The molecule has 2 heteroatoms. The van der Waals surface area contributed by atoms with Crippen molar-refractivity contribution in [2.45, 2.75) is 20.3 Å². The molecule has 0 bridgehead atoms. The molecule has 1 aromatic heterocycles. The average molecular weight is 224 g/mol. The van der Waals surface area contributed by atoms with Crippen LogP contribution in [0.15, 0.2) is 47.6 Å². The van der Waals surface area contributed by atoms with E-state index < -0.39 is 0 Å². The van der Waals surface area contributed by atoms with E-state index in [1.807, 2.05) is 24.4 Å². The van der Waals surface area contributed by atoms with Crippen LogP contribution in [-0.2, 0) is 6.42 Å². The second-order valence-electron chi connectivity index (χ2n) is 4.13. The third-order valence-electron chi connectivity index (χ3n) is 2.61. The number of aliphatic imine (C=N–C) groups is 1. The van der Waals surface area contributed by atoms with Crippen molar-refractivity contribution in [1.29, 1.82) is 0 Å². The lowest BCUT2D eigenvalue weighted by Crippen LogP contribution is -1.89.